The molecule has 0 saturated heterocycles. The number of aromatic nitrogens is 2. The first-order valence-corrected chi connectivity index (χ1v) is 11.4. The Hall–Kier alpha value is -3.81. The van der Waals surface area contributed by atoms with Gasteiger partial charge in [-0.1, -0.05) is 72.3 Å². The Kier molecular flexibility index (Phi) is 5.73. The van der Waals surface area contributed by atoms with E-state index in [1.807, 2.05) is 61.5 Å². The van der Waals surface area contributed by atoms with E-state index in [-0.39, 0.29) is 0 Å². The highest BCUT2D eigenvalue weighted by Crippen LogP contribution is 2.33. The lowest BCUT2D eigenvalue weighted by Crippen LogP contribution is -2.14. The first-order valence-electron chi connectivity index (χ1n) is 11.0. The Morgan fingerprint density at radius 2 is 1.70 bits per heavy atom. The van der Waals surface area contributed by atoms with Crippen molar-refractivity contribution < 1.29 is 0 Å². The molecule has 0 radical (unpaired) electrons. The number of para-hydroxylation sites is 2. The van der Waals surface area contributed by atoms with Crippen LogP contribution in [0.25, 0.3) is 16.7 Å². The van der Waals surface area contributed by atoms with Crippen LogP contribution in [0.5, 0.6) is 0 Å². The molecule has 2 heterocycles. The molecule has 0 fully saturated rings. The van der Waals surface area contributed by atoms with Gasteiger partial charge in [-0.05, 0) is 48.2 Å². The van der Waals surface area contributed by atoms with Gasteiger partial charge in [0.05, 0.1) is 16.6 Å². The molecule has 0 amide bonds. The van der Waals surface area contributed by atoms with Gasteiger partial charge in [0.15, 0.2) is 5.65 Å². The van der Waals surface area contributed by atoms with Crippen molar-refractivity contribution in [1.29, 1.82) is 5.26 Å². The number of pyridine rings is 1. The number of fused-ring (bicyclic) bond motifs is 3. The summed E-state index contributed by atoms with van der Waals surface area (Å²) in [5, 5.41) is 14.5. The SMILES string of the molecule is Cc1c(Cc2ccccc2Cl)c(NCCc2ccccc2)n2c(nc3ccccc32)c1C#N. The topological polar surface area (TPSA) is 53.1 Å². The molecule has 4 nitrogen and oxygen atoms in total. The van der Waals surface area contributed by atoms with Gasteiger partial charge in [0.2, 0.25) is 0 Å². The van der Waals surface area contributed by atoms with Crippen molar-refractivity contribution >= 4 is 34.1 Å². The van der Waals surface area contributed by atoms with E-state index in [2.05, 4.69) is 40.1 Å². The summed E-state index contributed by atoms with van der Waals surface area (Å²) < 4.78 is 2.10. The first-order chi connectivity index (χ1) is 16.2. The van der Waals surface area contributed by atoms with Crippen LogP contribution in [0, 0.1) is 18.3 Å². The number of halogens is 1. The van der Waals surface area contributed by atoms with Crippen LogP contribution < -0.4 is 5.32 Å². The third-order valence-corrected chi connectivity index (χ3v) is 6.48. The van der Waals surface area contributed by atoms with Gasteiger partial charge in [-0.2, -0.15) is 5.26 Å². The van der Waals surface area contributed by atoms with E-state index < -0.39 is 0 Å². The zero-order chi connectivity index (χ0) is 22.8. The summed E-state index contributed by atoms with van der Waals surface area (Å²) in [6, 6.07) is 28.7. The molecule has 5 rings (SSSR count). The fraction of sp³-hybridized carbons (Fsp3) is 0.143. The van der Waals surface area contributed by atoms with Crippen LogP contribution in [-0.4, -0.2) is 15.9 Å². The molecular formula is C28H23ClN4. The number of hydrogen-bond donors (Lipinski definition) is 1. The molecule has 1 N–H and O–H groups in total. The van der Waals surface area contributed by atoms with Gasteiger partial charge < -0.3 is 5.32 Å². The van der Waals surface area contributed by atoms with Crippen molar-refractivity contribution in [3.63, 3.8) is 0 Å². The van der Waals surface area contributed by atoms with Gasteiger partial charge in [0.25, 0.3) is 0 Å². The lowest BCUT2D eigenvalue weighted by Gasteiger charge is -2.19. The number of benzene rings is 3. The van der Waals surface area contributed by atoms with Crippen LogP contribution in [0.1, 0.15) is 27.8 Å². The molecular weight excluding hydrogens is 428 g/mol. The van der Waals surface area contributed by atoms with Crippen LogP contribution in [0.3, 0.4) is 0 Å². The van der Waals surface area contributed by atoms with Crippen LogP contribution in [-0.2, 0) is 12.8 Å². The molecule has 0 aliphatic carbocycles. The van der Waals surface area contributed by atoms with Crippen molar-refractivity contribution in [1.82, 2.24) is 9.38 Å². The third-order valence-electron chi connectivity index (χ3n) is 6.11. The molecule has 2 aromatic heterocycles. The molecule has 0 unspecified atom stereocenters. The highest BCUT2D eigenvalue weighted by Gasteiger charge is 2.21. The Bertz CT molecular complexity index is 1500. The Labute approximate surface area is 198 Å². The number of anilines is 1. The van der Waals surface area contributed by atoms with Gasteiger partial charge >= 0.3 is 0 Å². The lowest BCUT2D eigenvalue weighted by molar-refractivity contribution is 0.979. The maximum atomic E-state index is 10.1. The molecule has 0 aliphatic rings. The van der Waals surface area contributed by atoms with Gasteiger partial charge in [-0.15, -0.1) is 0 Å². The smallest absolute Gasteiger partial charge is 0.157 e. The average molecular weight is 451 g/mol. The minimum Gasteiger partial charge on any atom is -0.371 e. The fourth-order valence-corrected chi connectivity index (χ4v) is 4.59. The largest absolute Gasteiger partial charge is 0.371 e. The van der Waals surface area contributed by atoms with Gasteiger partial charge in [-0.25, -0.2) is 4.98 Å². The van der Waals surface area contributed by atoms with Crippen molar-refractivity contribution in [2.24, 2.45) is 0 Å². The van der Waals surface area contributed by atoms with Crippen molar-refractivity contribution in [2.75, 3.05) is 11.9 Å². The summed E-state index contributed by atoms with van der Waals surface area (Å²) in [6.45, 7) is 2.76. The zero-order valence-electron chi connectivity index (χ0n) is 18.3. The molecule has 33 heavy (non-hydrogen) atoms. The summed E-state index contributed by atoms with van der Waals surface area (Å²) >= 11 is 6.52. The maximum absolute atomic E-state index is 10.1. The minimum absolute atomic E-state index is 0.599. The number of imidazole rings is 1. The highest BCUT2D eigenvalue weighted by molar-refractivity contribution is 6.31. The summed E-state index contributed by atoms with van der Waals surface area (Å²) in [6.07, 6.45) is 1.51. The first kappa shape index (κ1) is 21.1. The Balaban J connectivity index is 1.69. The van der Waals surface area contributed by atoms with Crippen LogP contribution in [0.4, 0.5) is 5.82 Å². The van der Waals surface area contributed by atoms with E-state index in [4.69, 9.17) is 16.6 Å². The second-order valence-electron chi connectivity index (χ2n) is 8.13. The van der Waals surface area contributed by atoms with E-state index in [0.717, 1.165) is 51.5 Å². The fourth-order valence-electron chi connectivity index (χ4n) is 4.39. The molecule has 0 spiro atoms. The third kappa shape index (κ3) is 3.92. The molecule has 0 aliphatic heterocycles. The Morgan fingerprint density at radius 3 is 2.48 bits per heavy atom. The van der Waals surface area contributed by atoms with Gasteiger partial charge in [-0.3, -0.25) is 4.40 Å². The normalized spacial score (nSPS) is 11.1. The molecule has 0 saturated carbocycles. The lowest BCUT2D eigenvalue weighted by atomic mass is 9.97. The monoisotopic (exact) mass is 450 g/mol. The average Bonchev–Trinajstić information content (AvgIpc) is 3.22. The highest BCUT2D eigenvalue weighted by atomic mass is 35.5. The van der Waals surface area contributed by atoms with E-state index >= 15 is 0 Å². The Morgan fingerprint density at radius 1 is 0.970 bits per heavy atom. The molecule has 5 aromatic rings. The summed E-state index contributed by atoms with van der Waals surface area (Å²) in [4.78, 5) is 4.81. The van der Waals surface area contributed by atoms with Crippen LogP contribution >= 0.6 is 11.6 Å². The number of hydrogen-bond acceptors (Lipinski definition) is 3. The van der Waals surface area contributed by atoms with Crippen LogP contribution in [0.2, 0.25) is 5.02 Å². The van der Waals surface area contributed by atoms with E-state index in [1.165, 1.54) is 5.56 Å². The zero-order valence-corrected chi connectivity index (χ0v) is 19.1. The minimum atomic E-state index is 0.599. The van der Waals surface area contributed by atoms with E-state index in [9.17, 15) is 5.26 Å². The second kappa shape index (κ2) is 8.97. The summed E-state index contributed by atoms with van der Waals surface area (Å²) in [7, 11) is 0. The van der Waals surface area contributed by atoms with Crippen molar-refractivity contribution in [3.05, 3.63) is 112 Å². The standard InChI is InChI=1S/C28H23ClN4/c1-19-22(17-21-11-5-6-12-24(21)29)27(31-16-15-20-9-3-2-4-10-20)33-26-14-8-7-13-25(26)32-28(33)23(19)18-30/h2-14,31H,15-17H2,1H3. The molecule has 162 valence electrons. The van der Waals surface area contributed by atoms with E-state index in [1.54, 1.807) is 0 Å². The number of nitriles is 1. The molecule has 0 atom stereocenters. The second-order valence-corrected chi connectivity index (χ2v) is 8.54. The number of nitrogens with zero attached hydrogens (tertiary/aromatic N) is 3. The van der Waals surface area contributed by atoms with Crippen LogP contribution in [0.15, 0.2) is 78.9 Å². The predicted molar refractivity (Wildman–Crippen MR) is 135 cm³/mol. The number of nitrogens with one attached hydrogen (secondary N) is 1. The molecule has 0 bridgehead atoms. The molecule has 3 aromatic carbocycles. The summed E-state index contributed by atoms with van der Waals surface area (Å²) in [5.41, 5.74) is 7.42. The van der Waals surface area contributed by atoms with E-state index in [0.29, 0.717) is 17.6 Å². The van der Waals surface area contributed by atoms with Crippen molar-refractivity contribution in [2.45, 2.75) is 19.8 Å². The predicted octanol–water partition coefficient (Wildman–Crippen LogP) is 6.57. The number of rotatable bonds is 6. The quantitative estimate of drug-likeness (QED) is 0.318. The maximum Gasteiger partial charge on any atom is 0.157 e. The van der Waals surface area contributed by atoms with Gasteiger partial charge in [0.1, 0.15) is 11.9 Å². The van der Waals surface area contributed by atoms with Crippen molar-refractivity contribution in [3.8, 4) is 6.07 Å². The van der Waals surface area contributed by atoms with Gasteiger partial charge in [0, 0.05) is 23.6 Å². The molecule has 5 heteroatoms. The summed E-state index contributed by atoms with van der Waals surface area (Å²) in [5.74, 6) is 0.964.